The zero-order chi connectivity index (χ0) is 29.5. The SMILES string of the molecule is COc1ccc(F)cc1C(Cn1c(=O)n([C@@H]2CCNC2=O)c(=O)c2c(C)c(-c3ncco3)sc21)OC1CCC(O)CC1. The van der Waals surface area contributed by atoms with E-state index in [0.717, 1.165) is 4.57 Å². The Morgan fingerprint density at radius 1 is 1.21 bits per heavy atom. The van der Waals surface area contributed by atoms with Crippen molar-refractivity contribution in [3.63, 3.8) is 0 Å². The van der Waals surface area contributed by atoms with Crippen LogP contribution in [-0.4, -0.2) is 51.0 Å². The van der Waals surface area contributed by atoms with Gasteiger partial charge >= 0.3 is 5.69 Å². The standard InChI is InChI=1S/C29H31FN4O7S/c1-15-23-27(37)34(20-9-10-31-25(20)36)29(38)33(28(23)42-24(15)26-32-11-12-40-26)14-22(41-18-6-4-17(35)5-7-18)19-13-16(30)3-8-21(19)39-2/h3,8,11-13,17-18,20,22,35H,4-7,9-10,14H2,1-2H3,(H,31,36)/t17?,18?,20-,22?/m1/s1. The fourth-order valence-electron chi connectivity index (χ4n) is 5.92. The van der Waals surface area contributed by atoms with E-state index >= 15 is 0 Å². The Morgan fingerprint density at radius 2 is 2.00 bits per heavy atom. The predicted octanol–water partition coefficient (Wildman–Crippen LogP) is 3.46. The van der Waals surface area contributed by atoms with Gasteiger partial charge in [-0.1, -0.05) is 0 Å². The van der Waals surface area contributed by atoms with Gasteiger partial charge in [-0.2, -0.15) is 0 Å². The monoisotopic (exact) mass is 598 g/mol. The van der Waals surface area contributed by atoms with E-state index < -0.39 is 41.2 Å². The van der Waals surface area contributed by atoms with Gasteiger partial charge in [0.05, 0.1) is 42.3 Å². The molecule has 2 aliphatic rings. The van der Waals surface area contributed by atoms with Crippen LogP contribution >= 0.6 is 11.3 Å². The van der Waals surface area contributed by atoms with Crippen molar-refractivity contribution in [3.8, 4) is 16.5 Å². The van der Waals surface area contributed by atoms with Crippen molar-refractivity contribution in [1.82, 2.24) is 19.4 Å². The van der Waals surface area contributed by atoms with Gasteiger partial charge in [0.1, 0.15) is 34.8 Å². The number of oxazole rings is 1. The molecule has 13 heteroatoms. The van der Waals surface area contributed by atoms with E-state index in [2.05, 4.69) is 10.3 Å². The second-order valence-electron chi connectivity index (χ2n) is 10.7. The summed E-state index contributed by atoms with van der Waals surface area (Å²) < 4.78 is 34.7. The van der Waals surface area contributed by atoms with Crippen LogP contribution in [0.15, 0.2) is 44.7 Å². The summed E-state index contributed by atoms with van der Waals surface area (Å²) in [7, 11) is 1.47. The number of methoxy groups -OCH3 is 1. The first-order valence-electron chi connectivity index (χ1n) is 13.9. The van der Waals surface area contributed by atoms with Crippen LogP contribution in [0.1, 0.15) is 55.4 Å². The van der Waals surface area contributed by atoms with E-state index in [0.29, 0.717) is 64.7 Å². The first-order chi connectivity index (χ1) is 20.3. The molecule has 0 bridgehead atoms. The molecule has 1 aliphatic heterocycles. The summed E-state index contributed by atoms with van der Waals surface area (Å²) in [6.07, 6.45) is 4.01. The average Bonchev–Trinajstić information content (AvgIpc) is 3.73. The number of benzene rings is 1. The molecular weight excluding hydrogens is 567 g/mol. The van der Waals surface area contributed by atoms with Crippen molar-refractivity contribution in [2.45, 2.75) is 69.9 Å². The summed E-state index contributed by atoms with van der Waals surface area (Å²) >= 11 is 1.18. The molecule has 4 heterocycles. The summed E-state index contributed by atoms with van der Waals surface area (Å²) in [6.45, 7) is 2.01. The molecule has 1 unspecified atom stereocenters. The molecule has 3 aromatic heterocycles. The fourth-order valence-corrected chi connectivity index (χ4v) is 7.16. The Balaban J connectivity index is 1.55. The van der Waals surface area contributed by atoms with Crippen LogP contribution in [0.3, 0.4) is 0 Å². The highest BCUT2D eigenvalue weighted by atomic mass is 32.1. The molecule has 2 N–H and O–H groups in total. The summed E-state index contributed by atoms with van der Waals surface area (Å²) in [4.78, 5) is 46.0. The van der Waals surface area contributed by atoms with E-state index in [1.807, 2.05) is 0 Å². The van der Waals surface area contributed by atoms with Crippen molar-refractivity contribution in [2.75, 3.05) is 13.7 Å². The number of carbonyl (C=O) groups excluding carboxylic acids is 1. The molecule has 1 aliphatic carbocycles. The Bertz CT molecular complexity index is 1740. The molecular formula is C29H31FN4O7S. The number of aromatic nitrogens is 3. The Labute approximate surface area is 243 Å². The lowest BCUT2D eigenvalue weighted by atomic mass is 9.94. The minimum atomic E-state index is -0.965. The molecule has 222 valence electrons. The number of carbonyl (C=O) groups is 1. The minimum absolute atomic E-state index is 0.0895. The van der Waals surface area contributed by atoms with Crippen LogP contribution < -0.4 is 21.3 Å². The third-order valence-electron chi connectivity index (χ3n) is 8.09. The number of hydrogen-bond donors (Lipinski definition) is 2. The molecule has 42 heavy (non-hydrogen) atoms. The summed E-state index contributed by atoms with van der Waals surface area (Å²) in [5.41, 5.74) is -0.258. The van der Waals surface area contributed by atoms with E-state index in [9.17, 15) is 23.9 Å². The normalized spacial score (nSPS) is 21.5. The molecule has 4 aromatic rings. The second-order valence-corrected chi connectivity index (χ2v) is 11.7. The van der Waals surface area contributed by atoms with Crippen LogP contribution in [0, 0.1) is 12.7 Å². The zero-order valence-corrected chi connectivity index (χ0v) is 24.0. The lowest BCUT2D eigenvalue weighted by molar-refractivity contribution is -0.122. The molecule has 1 aromatic carbocycles. The number of aliphatic hydroxyl groups excluding tert-OH is 1. The maximum atomic E-state index is 14.6. The minimum Gasteiger partial charge on any atom is -0.496 e. The fraction of sp³-hybridized carbons (Fsp3) is 0.448. The van der Waals surface area contributed by atoms with Crippen LogP contribution in [-0.2, 0) is 16.1 Å². The number of aryl methyl sites for hydroxylation is 1. The predicted molar refractivity (Wildman–Crippen MR) is 152 cm³/mol. The molecule has 2 fully saturated rings. The number of fused-ring (bicyclic) bond motifs is 1. The van der Waals surface area contributed by atoms with Gasteiger partial charge in [0.15, 0.2) is 0 Å². The molecule has 0 spiro atoms. The number of amides is 1. The van der Waals surface area contributed by atoms with Crippen molar-refractivity contribution < 1.29 is 28.2 Å². The van der Waals surface area contributed by atoms with Gasteiger partial charge in [-0.25, -0.2) is 18.7 Å². The van der Waals surface area contributed by atoms with Gasteiger partial charge in [-0.15, -0.1) is 11.3 Å². The molecule has 11 nitrogen and oxygen atoms in total. The van der Waals surface area contributed by atoms with Crippen molar-refractivity contribution >= 4 is 27.5 Å². The third kappa shape index (κ3) is 5.05. The summed E-state index contributed by atoms with van der Waals surface area (Å²) in [5.74, 6) is -0.214. The maximum absolute atomic E-state index is 14.6. The molecule has 1 amide bonds. The highest BCUT2D eigenvalue weighted by Crippen LogP contribution is 2.38. The molecule has 2 atom stereocenters. The van der Waals surface area contributed by atoms with Crippen molar-refractivity contribution in [2.24, 2.45) is 0 Å². The maximum Gasteiger partial charge on any atom is 0.332 e. The number of hydrogen-bond acceptors (Lipinski definition) is 9. The summed E-state index contributed by atoms with van der Waals surface area (Å²) in [6, 6.07) is 3.14. The quantitative estimate of drug-likeness (QED) is 0.315. The van der Waals surface area contributed by atoms with E-state index in [4.69, 9.17) is 13.9 Å². The van der Waals surface area contributed by atoms with E-state index in [1.165, 1.54) is 53.7 Å². The van der Waals surface area contributed by atoms with Gasteiger partial charge in [-0.3, -0.25) is 14.2 Å². The smallest absolute Gasteiger partial charge is 0.332 e. The van der Waals surface area contributed by atoms with Crippen molar-refractivity contribution in [3.05, 3.63) is 68.4 Å². The van der Waals surface area contributed by atoms with Crippen LogP contribution in [0.5, 0.6) is 5.75 Å². The Hall–Kier alpha value is -3.81. The van der Waals surface area contributed by atoms with E-state index in [-0.39, 0.29) is 24.5 Å². The number of ether oxygens (including phenoxy) is 2. The molecule has 6 rings (SSSR count). The van der Waals surface area contributed by atoms with Gasteiger partial charge in [-0.05, 0) is 62.8 Å². The highest BCUT2D eigenvalue weighted by Gasteiger charge is 2.34. The van der Waals surface area contributed by atoms with Crippen LogP contribution in [0.4, 0.5) is 4.39 Å². The lowest BCUT2D eigenvalue weighted by Crippen LogP contribution is -2.44. The molecule has 1 saturated carbocycles. The number of rotatable bonds is 8. The molecule has 0 radical (unpaired) electrons. The van der Waals surface area contributed by atoms with Gasteiger partial charge in [0.25, 0.3) is 5.56 Å². The third-order valence-corrected chi connectivity index (χ3v) is 9.39. The molecule has 1 saturated heterocycles. The number of nitrogens with zero attached hydrogens (tertiary/aromatic N) is 3. The zero-order valence-electron chi connectivity index (χ0n) is 23.2. The largest absolute Gasteiger partial charge is 0.496 e. The Kier molecular flexibility index (Phi) is 7.73. The number of thiophene rings is 1. The topological polar surface area (TPSA) is 138 Å². The van der Waals surface area contributed by atoms with Gasteiger partial charge < -0.3 is 24.3 Å². The van der Waals surface area contributed by atoms with Gasteiger partial charge in [0, 0.05) is 12.1 Å². The number of aliphatic hydroxyl groups is 1. The Morgan fingerprint density at radius 3 is 2.67 bits per heavy atom. The number of nitrogens with one attached hydrogen (secondary N) is 1. The van der Waals surface area contributed by atoms with Crippen molar-refractivity contribution in [1.29, 1.82) is 0 Å². The average molecular weight is 599 g/mol. The lowest BCUT2D eigenvalue weighted by Gasteiger charge is -2.31. The first-order valence-corrected chi connectivity index (χ1v) is 14.7. The highest BCUT2D eigenvalue weighted by molar-refractivity contribution is 7.22. The first kappa shape index (κ1) is 28.3. The van der Waals surface area contributed by atoms with Crippen LogP contribution in [0.2, 0.25) is 0 Å². The number of halogens is 1. The van der Waals surface area contributed by atoms with Gasteiger partial charge in [0.2, 0.25) is 11.8 Å². The van der Waals surface area contributed by atoms with E-state index in [1.54, 1.807) is 6.92 Å². The summed E-state index contributed by atoms with van der Waals surface area (Å²) in [5, 5.41) is 13.0. The van der Waals surface area contributed by atoms with Crippen LogP contribution in [0.25, 0.3) is 21.0 Å². The second kappa shape index (κ2) is 11.5.